The van der Waals surface area contributed by atoms with E-state index in [9.17, 15) is 0 Å². The van der Waals surface area contributed by atoms with E-state index >= 15 is 0 Å². The van der Waals surface area contributed by atoms with Crippen LogP contribution in [-0.2, 0) is 6.42 Å². The first kappa shape index (κ1) is 13.5. The number of nitrogens with zero attached hydrogens (tertiary/aromatic N) is 2. The SMILES string of the molecule is CCc1nc(-c2ccc(OC)c(Br)c2)c(N)n1C1CC1. The molecule has 1 aromatic carbocycles. The van der Waals surface area contributed by atoms with E-state index in [0.29, 0.717) is 6.04 Å². The Morgan fingerprint density at radius 1 is 1.45 bits per heavy atom. The minimum Gasteiger partial charge on any atom is -0.496 e. The van der Waals surface area contributed by atoms with Gasteiger partial charge in [0.25, 0.3) is 0 Å². The Kier molecular flexibility index (Phi) is 3.46. The van der Waals surface area contributed by atoms with Crippen molar-refractivity contribution in [2.75, 3.05) is 12.8 Å². The van der Waals surface area contributed by atoms with Gasteiger partial charge in [0.2, 0.25) is 0 Å². The molecule has 0 atom stereocenters. The maximum Gasteiger partial charge on any atom is 0.133 e. The summed E-state index contributed by atoms with van der Waals surface area (Å²) in [6.07, 6.45) is 3.32. The van der Waals surface area contributed by atoms with Crippen LogP contribution in [0.3, 0.4) is 0 Å². The molecule has 1 aliphatic rings. The maximum absolute atomic E-state index is 6.33. The van der Waals surface area contributed by atoms with E-state index in [1.54, 1.807) is 7.11 Å². The zero-order valence-electron chi connectivity index (χ0n) is 11.7. The Balaban J connectivity index is 2.08. The average Bonchev–Trinajstić information content (AvgIpc) is 3.22. The molecule has 0 spiro atoms. The number of aromatic nitrogens is 2. The molecule has 1 aliphatic carbocycles. The van der Waals surface area contributed by atoms with Crippen molar-refractivity contribution < 1.29 is 4.74 Å². The Morgan fingerprint density at radius 3 is 2.75 bits per heavy atom. The summed E-state index contributed by atoms with van der Waals surface area (Å²) in [5.74, 6) is 2.66. The van der Waals surface area contributed by atoms with Crippen LogP contribution >= 0.6 is 15.9 Å². The Bertz CT molecular complexity index is 647. The first-order chi connectivity index (χ1) is 9.65. The number of hydrogen-bond donors (Lipinski definition) is 1. The van der Waals surface area contributed by atoms with Gasteiger partial charge in [-0.1, -0.05) is 6.92 Å². The van der Waals surface area contributed by atoms with Crippen molar-refractivity contribution in [3.63, 3.8) is 0 Å². The number of ether oxygens (including phenoxy) is 1. The second kappa shape index (κ2) is 5.13. The van der Waals surface area contributed by atoms with Gasteiger partial charge in [0.05, 0.1) is 11.6 Å². The highest BCUT2D eigenvalue weighted by atomic mass is 79.9. The lowest BCUT2D eigenvalue weighted by molar-refractivity contribution is 0.412. The van der Waals surface area contributed by atoms with Crippen LogP contribution in [0.15, 0.2) is 22.7 Å². The van der Waals surface area contributed by atoms with Crippen LogP contribution in [0, 0.1) is 0 Å². The van der Waals surface area contributed by atoms with E-state index in [1.165, 1.54) is 12.8 Å². The molecule has 0 radical (unpaired) electrons. The Labute approximate surface area is 127 Å². The predicted octanol–water partition coefficient (Wildman–Crippen LogP) is 3.80. The molecule has 3 rings (SSSR count). The topological polar surface area (TPSA) is 53.1 Å². The van der Waals surface area contributed by atoms with Crippen molar-refractivity contribution >= 4 is 21.7 Å². The normalized spacial score (nSPS) is 14.6. The molecule has 5 heteroatoms. The second-order valence-corrected chi connectivity index (χ2v) is 5.92. The van der Waals surface area contributed by atoms with Gasteiger partial charge in [-0.3, -0.25) is 0 Å². The predicted molar refractivity (Wildman–Crippen MR) is 84.0 cm³/mol. The van der Waals surface area contributed by atoms with Gasteiger partial charge < -0.3 is 15.0 Å². The van der Waals surface area contributed by atoms with Gasteiger partial charge in [-0.2, -0.15) is 0 Å². The number of imidazole rings is 1. The molecule has 0 unspecified atom stereocenters. The molecule has 1 heterocycles. The van der Waals surface area contributed by atoms with Crippen LogP contribution in [-0.4, -0.2) is 16.7 Å². The van der Waals surface area contributed by atoms with Gasteiger partial charge in [-0.25, -0.2) is 4.98 Å². The lowest BCUT2D eigenvalue weighted by atomic mass is 10.1. The number of aryl methyl sites for hydroxylation is 1. The van der Waals surface area contributed by atoms with Gasteiger partial charge in [-0.15, -0.1) is 0 Å². The Morgan fingerprint density at radius 2 is 2.20 bits per heavy atom. The van der Waals surface area contributed by atoms with Crippen molar-refractivity contribution in [3.8, 4) is 17.0 Å². The maximum atomic E-state index is 6.33. The summed E-state index contributed by atoms with van der Waals surface area (Å²) in [7, 11) is 1.66. The third-order valence-electron chi connectivity index (χ3n) is 3.67. The van der Waals surface area contributed by atoms with Crippen molar-refractivity contribution in [2.45, 2.75) is 32.2 Å². The molecule has 20 heavy (non-hydrogen) atoms. The molecule has 0 saturated heterocycles. The molecule has 0 bridgehead atoms. The highest BCUT2D eigenvalue weighted by Crippen LogP contribution is 2.41. The van der Waals surface area contributed by atoms with Crippen LogP contribution in [0.5, 0.6) is 5.75 Å². The third-order valence-corrected chi connectivity index (χ3v) is 4.29. The fraction of sp³-hybridized carbons (Fsp3) is 0.400. The summed E-state index contributed by atoms with van der Waals surface area (Å²) in [5.41, 5.74) is 8.22. The second-order valence-electron chi connectivity index (χ2n) is 5.07. The highest BCUT2D eigenvalue weighted by Gasteiger charge is 2.29. The average molecular weight is 336 g/mol. The number of benzene rings is 1. The molecule has 1 fully saturated rings. The summed E-state index contributed by atoms with van der Waals surface area (Å²) in [5, 5.41) is 0. The minimum absolute atomic E-state index is 0.549. The number of nitrogens with two attached hydrogens (primary N) is 1. The largest absolute Gasteiger partial charge is 0.496 e. The fourth-order valence-corrected chi connectivity index (χ4v) is 3.05. The number of anilines is 1. The summed E-state index contributed by atoms with van der Waals surface area (Å²) < 4.78 is 8.38. The highest BCUT2D eigenvalue weighted by molar-refractivity contribution is 9.10. The summed E-state index contributed by atoms with van der Waals surface area (Å²) >= 11 is 3.51. The molecule has 0 aliphatic heterocycles. The van der Waals surface area contributed by atoms with Crippen molar-refractivity contribution in [1.82, 2.24) is 9.55 Å². The van der Waals surface area contributed by atoms with Crippen LogP contribution in [0.25, 0.3) is 11.3 Å². The molecular weight excluding hydrogens is 318 g/mol. The molecular formula is C15H18BrN3O. The molecule has 1 aromatic heterocycles. The van der Waals surface area contributed by atoms with Gasteiger partial charge in [0.15, 0.2) is 0 Å². The van der Waals surface area contributed by atoms with Crippen molar-refractivity contribution in [1.29, 1.82) is 0 Å². The smallest absolute Gasteiger partial charge is 0.133 e. The number of halogens is 1. The summed E-state index contributed by atoms with van der Waals surface area (Å²) in [6.45, 7) is 2.12. The molecule has 1 saturated carbocycles. The van der Waals surface area contributed by atoms with Crippen LogP contribution in [0.1, 0.15) is 31.6 Å². The summed E-state index contributed by atoms with van der Waals surface area (Å²) in [4.78, 5) is 4.73. The number of hydrogen-bond acceptors (Lipinski definition) is 3. The zero-order valence-corrected chi connectivity index (χ0v) is 13.3. The molecule has 2 aromatic rings. The monoisotopic (exact) mass is 335 g/mol. The van der Waals surface area contributed by atoms with E-state index in [1.807, 2.05) is 18.2 Å². The van der Waals surface area contributed by atoms with Crippen molar-refractivity contribution in [2.24, 2.45) is 0 Å². The lowest BCUT2D eigenvalue weighted by Gasteiger charge is -2.07. The number of methoxy groups -OCH3 is 1. The van der Waals surface area contributed by atoms with E-state index < -0.39 is 0 Å². The summed E-state index contributed by atoms with van der Waals surface area (Å²) in [6, 6.07) is 6.49. The van der Waals surface area contributed by atoms with Crippen LogP contribution < -0.4 is 10.5 Å². The van der Waals surface area contributed by atoms with Crippen LogP contribution in [0.2, 0.25) is 0 Å². The van der Waals surface area contributed by atoms with Gasteiger partial charge in [0, 0.05) is 18.0 Å². The standard InChI is InChI=1S/C15H18BrN3O/c1-3-13-18-14(15(17)19(13)10-5-6-10)9-4-7-12(20-2)11(16)8-9/h4,7-8,10H,3,5-6,17H2,1-2H3. The number of nitrogen functional groups attached to an aromatic ring is 1. The fourth-order valence-electron chi connectivity index (χ4n) is 2.51. The molecule has 4 nitrogen and oxygen atoms in total. The van der Waals surface area contributed by atoms with Gasteiger partial charge in [-0.05, 0) is 47.0 Å². The number of rotatable bonds is 4. The lowest BCUT2D eigenvalue weighted by Crippen LogP contribution is -2.04. The van der Waals surface area contributed by atoms with Gasteiger partial charge in [0.1, 0.15) is 23.1 Å². The van der Waals surface area contributed by atoms with Gasteiger partial charge >= 0.3 is 0 Å². The molecule has 106 valence electrons. The zero-order chi connectivity index (χ0) is 14.3. The van der Waals surface area contributed by atoms with E-state index in [0.717, 1.165) is 39.5 Å². The van der Waals surface area contributed by atoms with E-state index in [4.69, 9.17) is 15.5 Å². The van der Waals surface area contributed by atoms with Crippen molar-refractivity contribution in [3.05, 3.63) is 28.5 Å². The van der Waals surface area contributed by atoms with E-state index in [2.05, 4.69) is 27.4 Å². The Hall–Kier alpha value is -1.49. The van der Waals surface area contributed by atoms with Crippen LogP contribution in [0.4, 0.5) is 5.82 Å². The third kappa shape index (κ3) is 2.20. The first-order valence-corrected chi connectivity index (χ1v) is 7.65. The van der Waals surface area contributed by atoms with E-state index in [-0.39, 0.29) is 0 Å². The quantitative estimate of drug-likeness (QED) is 0.924. The first-order valence-electron chi connectivity index (χ1n) is 6.86. The molecule has 2 N–H and O–H groups in total. The molecule has 0 amide bonds. The minimum atomic E-state index is 0.549.